The number of amides is 1. The molecule has 0 saturated heterocycles. The number of hydrogen-bond acceptors (Lipinski definition) is 6. The zero-order valence-electron chi connectivity index (χ0n) is 11.2. The molecular weight excluding hydrogens is 252 g/mol. The highest BCUT2D eigenvalue weighted by Crippen LogP contribution is 2.04. The molecule has 0 radical (unpaired) electrons. The Labute approximate surface area is 111 Å². The van der Waals surface area contributed by atoms with Gasteiger partial charge in [0.2, 0.25) is 5.91 Å². The second-order valence-electron chi connectivity index (χ2n) is 4.04. The number of nitrogens with one attached hydrogen (secondary N) is 1. The fraction of sp³-hybridized carbons (Fsp3) is 0.583. The molecule has 0 saturated carbocycles. The molecule has 1 aromatic rings. The predicted molar refractivity (Wildman–Crippen MR) is 65.2 cm³/mol. The molecule has 0 aliphatic rings. The van der Waals surface area contributed by atoms with Gasteiger partial charge in [-0.15, -0.1) is 0 Å². The summed E-state index contributed by atoms with van der Waals surface area (Å²) < 4.78 is 14.3. The average Bonchev–Trinajstić information content (AvgIpc) is 2.94. The largest absolute Gasteiger partial charge is 0.467 e. The molecule has 7 heteroatoms. The van der Waals surface area contributed by atoms with E-state index in [1.54, 1.807) is 13.1 Å². The van der Waals surface area contributed by atoms with Crippen molar-refractivity contribution in [2.45, 2.75) is 31.9 Å². The van der Waals surface area contributed by atoms with Crippen LogP contribution in [0, 0.1) is 0 Å². The highest BCUT2D eigenvalue weighted by molar-refractivity contribution is 5.84. The fourth-order valence-electron chi connectivity index (χ4n) is 1.48. The van der Waals surface area contributed by atoms with E-state index in [1.807, 2.05) is 0 Å². The molecule has 0 aliphatic heterocycles. The van der Waals surface area contributed by atoms with Gasteiger partial charge in [-0.05, 0) is 13.3 Å². The Morgan fingerprint density at radius 1 is 1.47 bits per heavy atom. The molecule has 0 aliphatic carbocycles. The van der Waals surface area contributed by atoms with E-state index in [2.05, 4.69) is 19.7 Å². The van der Waals surface area contributed by atoms with E-state index in [4.69, 9.17) is 4.74 Å². The minimum atomic E-state index is -0.815. The number of hydrogen-bond donors (Lipinski definition) is 1. The summed E-state index contributed by atoms with van der Waals surface area (Å²) in [7, 11) is 2.73. The van der Waals surface area contributed by atoms with Crippen LogP contribution in [-0.2, 0) is 25.5 Å². The summed E-state index contributed by atoms with van der Waals surface area (Å²) >= 11 is 0. The van der Waals surface area contributed by atoms with Crippen molar-refractivity contribution >= 4 is 11.9 Å². The van der Waals surface area contributed by atoms with E-state index in [-0.39, 0.29) is 12.3 Å². The van der Waals surface area contributed by atoms with Crippen LogP contribution < -0.4 is 5.32 Å². The van der Waals surface area contributed by atoms with Gasteiger partial charge < -0.3 is 19.3 Å². The lowest BCUT2D eigenvalue weighted by Gasteiger charge is -2.21. The summed E-state index contributed by atoms with van der Waals surface area (Å²) in [6, 6.07) is -0.815. The first kappa shape index (κ1) is 15.2. The number of rotatable bonds is 7. The van der Waals surface area contributed by atoms with Gasteiger partial charge in [0.15, 0.2) is 6.04 Å². The van der Waals surface area contributed by atoms with E-state index >= 15 is 0 Å². The van der Waals surface area contributed by atoms with E-state index in [9.17, 15) is 9.59 Å². The lowest BCUT2D eigenvalue weighted by atomic mass is 10.1. The zero-order valence-corrected chi connectivity index (χ0v) is 11.2. The molecule has 1 amide bonds. The van der Waals surface area contributed by atoms with Crippen molar-refractivity contribution in [1.29, 1.82) is 0 Å². The number of carbonyl (C=O) groups is 2. The van der Waals surface area contributed by atoms with Crippen LogP contribution in [0.15, 0.2) is 17.0 Å². The van der Waals surface area contributed by atoms with Crippen LogP contribution in [0.25, 0.3) is 0 Å². The van der Waals surface area contributed by atoms with Crippen molar-refractivity contribution in [3.63, 3.8) is 0 Å². The van der Waals surface area contributed by atoms with Gasteiger partial charge in [-0.2, -0.15) is 0 Å². The maximum absolute atomic E-state index is 11.8. The summed E-state index contributed by atoms with van der Waals surface area (Å²) in [6.45, 7) is 1.68. The SMILES string of the molecule is COC(=O)[C@@H](NC(=O)CCc1cnoc1)[C@@H](C)OC. The first-order valence-electron chi connectivity index (χ1n) is 5.86. The van der Waals surface area contributed by atoms with Gasteiger partial charge in [0.25, 0.3) is 0 Å². The van der Waals surface area contributed by atoms with E-state index in [0.717, 1.165) is 5.56 Å². The summed E-state index contributed by atoms with van der Waals surface area (Å²) in [4.78, 5) is 23.3. The number of esters is 1. The third kappa shape index (κ3) is 4.70. The minimum Gasteiger partial charge on any atom is -0.467 e. The Balaban J connectivity index is 2.48. The maximum Gasteiger partial charge on any atom is 0.331 e. The summed E-state index contributed by atoms with van der Waals surface area (Å²) in [6.07, 6.45) is 3.27. The number of nitrogens with zero attached hydrogens (tertiary/aromatic N) is 1. The molecule has 2 atom stereocenters. The van der Waals surface area contributed by atoms with Crippen molar-refractivity contribution < 1.29 is 23.6 Å². The second kappa shape index (κ2) is 7.52. The molecule has 1 rings (SSSR count). The van der Waals surface area contributed by atoms with Crippen molar-refractivity contribution in [3.05, 3.63) is 18.0 Å². The normalized spacial score (nSPS) is 13.6. The summed E-state index contributed by atoms with van der Waals surface area (Å²) in [5, 5.41) is 6.13. The molecule has 0 bridgehead atoms. The predicted octanol–water partition coefficient (Wildman–Crippen LogP) is 0.300. The molecule has 106 valence electrons. The van der Waals surface area contributed by atoms with E-state index in [1.165, 1.54) is 20.5 Å². The minimum absolute atomic E-state index is 0.227. The number of aryl methyl sites for hydroxylation is 1. The molecule has 1 N–H and O–H groups in total. The van der Waals surface area contributed by atoms with Crippen molar-refractivity contribution in [2.75, 3.05) is 14.2 Å². The second-order valence-corrected chi connectivity index (χ2v) is 4.04. The quantitative estimate of drug-likeness (QED) is 0.717. The summed E-state index contributed by atoms with van der Waals surface area (Å²) in [5.41, 5.74) is 0.824. The van der Waals surface area contributed by atoms with Crippen LogP contribution >= 0.6 is 0 Å². The monoisotopic (exact) mass is 270 g/mol. The molecule has 0 aromatic carbocycles. The number of ether oxygens (including phenoxy) is 2. The van der Waals surface area contributed by atoms with Gasteiger partial charge in [0.05, 0.1) is 19.4 Å². The molecule has 0 spiro atoms. The van der Waals surface area contributed by atoms with E-state index < -0.39 is 18.1 Å². The Bertz CT molecular complexity index is 404. The van der Waals surface area contributed by atoms with Gasteiger partial charge in [-0.3, -0.25) is 4.79 Å². The van der Waals surface area contributed by atoms with Crippen LogP contribution in [0.5, 0.6) is 0 Å². The Hall–Kier alpha value is -1.89. The maximum atomic E-state index is 11.8. The average molecular weight is 270 g/mol. The Morgan fingerprint density at radius 3 is 2.74 bits per heavy atom. The standard InChI is InChI=1S/C12H18N2O5/c1-8(17-2)11(12(16)18-3)14-10(15)5-4-9-6-13-19-7-9/h6-8,11H,4-5H2,1-3H3,(H,14,15)/t8-,11+/m1/s1. The van der Waals surface area contributed by atoms with Gasteiger partial charge in [-0.1, -0.05) is 5.16 Å². The zero-order chi connectivity index (χ0) is 14.3. The lowest BCUT2D eigenvalue weighted by molar-refractivity contribution is -0.148. The number of carbonyl (C=O) groups excluding carboxylic acids is 2. The van der Waals surface area contributed by atoms with Crippen LogP contribution in [0.2, 0.25) is 0 Å². The smallest absolute Gasteiger partial charge is 0.331 e. The highest BCUT2D eigenvalue weighted by Gasteiger charge is 2.27. The van der Waals surface area contributed by atoms with Crippen LogP contribution in [0.4, 0.5) is 0 Å². The molecule has 1 heterocycles. The third-order valence-electron chi connectivity index (χ3n) is 2.74. The van der Waals surface area contributed by atoms with Gasteiger partial charge in [0, 0.05) is 19.1 Å². The van der Waals surface area contributed by atoms with Gasteiger partial charge in [-0.25, -0.2) is 4.79 Å². The Morgan fingerprint density at radius 2 is 2.21 bits per heavy atom. The number of methoxy groups -OCH3 is 2. The molecule has 7 nitrogen and oxygen atoms in total. The first-order valence-corrected chi connectivity index (χ1v) is 5.86. The molecule has 1 aromatic heterocycles. The Kier molecular flexibility index (Phi) is 6.01. The van der Waals surface area contributed by atoms with E-state index in [0.29, 0.717) is 6.42 Å². The van der Waals surface area contributed by atoms with Crippen LogP contribution in [0.1, 0.15) is 18.9 Å². The first-order chi connectivity index (χ1) is 9.08. The molecule has 19 heavy (non-hydrogen) atoms. The van der Waals surface area contributed by atoms with Crippen LogP contribution in [-0.4, -0.2) is 43.4 Å². The fourth-order valence-corrected chi connectivity index (χ4v) is 1.48. The molecular formula is C12H18N2O5. The van der Waals surface area contributed by atoms with Crippen molar-refractivity contribution in [3.8, 4) is 0 Å². The summed E-state index contributed by atoms with van der Waals surface area (Å²) in [5.74, 6) is -0.798. The van der Waals surface area contributed by atoms with Gasteiger partial charge >= 0.3 is 5.97 Å². The van der Waals surface area contributed by atoms with Crippen molar-refractivity contribution in [2.24, 2.45) is 0 Å². The lowest BCUT2D eigenvalue weighted by Crippen LogP contribution is -2.49. The van der Waals surface area contributed by atoms with Gasteiger partial charge in [0.1, 0.15) is 6.26 Å². The molecule has 0 fully saturated rings. The van der Waals surface area contributed by atoms with Crippen LogP contribution in [0.3, 0.4) is 0 Å². The highest BCUT2D eigenvalue weighted by atomic mass is 16.5. The number of aromatic nitrogens is 1. The topological polar surface area (TPSA) is 90.7 Å². The molecule has 0 unspecified atom stereocenters. The van der Waals surface area contributed by atoms with Crippen molar-refractivity contribution in [1.82, 2.24) is 10.5 Å². The third-order valence-corrected chi connectivity index (χ3v) is 2.74.